The summed E-state index contributed by atoms with van der Waals surface area (Å²) >= 11 is 0. The molecule has 12 heavy (non-hydrogen) atoms. The van der Waals surface area contributed by atoms with E-state index in [-0.39, 0.29) is 18.4 Å². The van der Waals surface area contributed by atoms with Crippen LogP contribution in [0.15, 0.2) is 0 Å². The molecule has 0 bridgehead atoms. The van der Waals surface area contributed by atoms with Crippen molar-refractivity contribution >= 4 is 18.4 Å². The van der Waals surface area contributed by atoms with Crippen molar-refractivity contribution in [3.63, 3.8) is 0 Å². The van der Waals surface area contributed by atoms with E-state index in [1.165, 1.54) is 0 Å². The second-order valence-electron chi connectivity index (χ2n) is 2.31. The van der Waals surface area contributed by atoms with Crippen LogP contribution >= 0.6 is 12.4 Å². The third-order valence-corrected chi connectivity index (χ3v) is 1.24. The van der Waals surface area contributed by atoms with Crippen LogP contribution < -0.4 is 5.32 Å². The Morgan fingerprint density at radius 1 is 1.33 bits per heavy atom. The highest BCUT2D eigenvalue weighted by Gasteiger charge is 1.98. The molecular weight excluding hydrogens is 178 g/mol. The first-order valence-corrected chi connectivity index (χ1v) is 4.17. The van der Waals surface area contributed by atoms with Gasteiger partial charge in [0.1, 0.15) is 0 Å². The zero-order valence-corrected chi connectivity index (χ0v) is 8.58. The molecule has 0 saturated carbocycles. The van der Waals surface area contributed by atoms with Crippen LogP contribution in [0.2, 0.25) is 0 Å². The summed E-state index contributed by atoms with van der Waals surface area (Å²) in [6.45, 7) is 6.09. The molecule has 0 saturated heterocycles. The maximum Gasteiger partial charge on any atom is 0.307 e. The summed E-state index contributed by atoms with van der Waals surface area (Å²) in [6, 6.07) is 0. The summed E-state index contributed by atoms with van der Waals surface area (Å²) in [5.41, 5.74) is 0. The molecule has 0 atom stereocenters. The maximum atomic E-state index is 10.7. The quantitative estimate of drug-likeness (QED) is 0.514. The van der Waals surface area contributed by atoms with Crippen LogP contribution in [0.5, 0.6) is 0 Å². The molecule has 0 amide bonds. The summed E-state index contributed by atoms with van der Waals surface area (Å²) in [5.74, 6) is -0.115. The van der Waals surface area contributed by atoms with Gasteiger partial charge in [-0.25, -0.2) is 0 Å². The molecule has 0 aromatic heterocycles. The Hall–Kier alpha value is -0.280. The van der Waals surface area contributed by atoms with Crippen molar-refractivity contribution in [1.82, 2.24) is 5.32 Å². The Bertz CT molecular complexity index is 109. The molecule has 0 aliphatic carbocycles. The molecule has 0 spiro atoms. The van der Waals surface area contributed by atoms with Crippen LogP contribution in [0.25, 0.3) is 0 Å². The van der Waals surface area contributed by atoms with Crippen molar-refractivity contribution in [1.29, 1.82) is 0 Å². The van der Waals surface area contributed by atoms with Gasteiger partial charge in [0.15, 0.2) is 0 Å². The second-order valence-corrected chi connectivity index (χ2v) is 2.31. The molecule has 3 nitrogen and oxygen atoms in total. The van der Waals surface area contributed by atoms with E-state index >= 15 is 0 Å². The summed E-state index contributed by atoms with van der Waals surface area (Å²) in [6.07, 6.45) is 1.58. The molecule has 0 aliphatic heterocycles. The zero-order valence-electron chi connectivity index (χ0n) is 7.76. The van der Waals surface area contributed by atoms with E-state index in [0.717, 1.165) is 19.5 Å². The Kier molecular flexibility index (Phi) is 12.7. The van der Waals surface area contributed by atoms with Crippen LogP contribution in [-0.4, -0.2) is 25.7 Å². The predicted molar refractivity (Wildman–Crippen MR) is 51.7 cm³/mol. The van der Waals surface area contributed by atoms with Gasteiger partial charge in [-0.3, -0.25) is 4.79 Å². The van der Waals surface area contributed by atoms with E-state index < -0.39 is 0 Å². The lowest BCUT2D eigenvalue weighted by molar-refractivity contribution is -0.142. The van der Waals surface area contributed by atoms with Gasteiger partial charge >= 0.3 is 5.97 Å². The largest absolute Gasteiger partial charge is 0.466 e. The summed E-state index contributed by atoms with van der Waals surface area (Å²) in [5, 5.41) is 3.12. The van der Waals surface area contributed by atoms with Crippen molar-refractivity contribution in [3.8, 4) is 0 Å². The van der Waals surface area contributed by atoms with E-state index in [1.54, 1.807) is 0 Å². The Morgan fingerprint density at radius 2 is 2.00 bits per heavy atom. The van der Waals surface area contributed by atoms with Gasteiger partial charge in [0, 0.05) is 6.54 Å². The molecule has 0 aromatic carbocycles. The first-order chi connectivity index (χ1) is 5.31. The van der Waals surface area contributed by atoms with E-state index in [1.807, 2.05) is 6.92 Å². The van der Waals surface area contributed by atoms with Crippen LogP contribution in [0.3, 0.4) is 0 Å². The molecule has 0 unspecified atom stereocenters. The molecule has 0 heterocycles. The molecule has 4 heteroatoms. The number of rotatable bonds is 6. The number of hydrogen-bond donors (Lipinski definition) is 1. The van der Waals surface area contributed by atoms with E-state index in [2.05, 4.69) is 12.2 Å². The summed E-state index contributed by atoms with van der Waals surface area (Å²) in [7, 11) is 0. The number of nitrogens with one attached hydrogen (secondary N) is 1. The minimum Gasteiger partial charge on any atom is -0.466 e. The lowest BCUT2D eigenvalue weighted by Crippen LogP contribution is -2.19. The van der Waals surface area contributed by atoms with Crippen LogP contribution in [0, 0.1) is 0 Å². The topological polar surface area (TPSA) is 38.3 Å². The Labute approximate surface area is 80.3 Å². The smallest absolute Gasteiger partial charge is 0.307 e. The highest BCUT2D eigenvalue weighted by Crippen LogP contribution is 1.83. The lowest BCUT2D eigenvalue weighted by Gasteiger charge is -2.02. The minimum absolute atomic E-state index is 0. The van der Waals surface area contributed by atoms with Gasteiger partial charge in [0.05, 0.1) is 13.0 Å². The monoisotopic (exact) mass is 195 g/mol. The van der Waals surface area contributed by atoms with Gasteiger partial charge in [-0.1, -0.05) is 6.92 Å². The number of carbonyl (C=O) groups is 1. The number of esters is 1. The van der Waals surface area contributed by atoms with E-state index in [4.69, 9.17) is 4.74 Å². The molecule has 0 radical (unpaired) electrons. The van der Waals surface area contributed by atoms with Gasteiger partial charge in [0.2, 0.25) is 0 Å². The van der Waals surface area contributed by atoms with Crippen LogP contribution in [0.1, 0.15) is 26.7 Å². The summed E-state index contributed by atoms with van der Waals surface area (Å²) in [4.78, 5) is 10.7. The second kappa shape index (κ2) is 10.7. The van der Waals surface area contributed by atoms with Crippen molar-refractivity contribution in [2.24, 2.45) is 0 Å². The Morgan fingerprint density at radius 3 is 2.50 bits per heavy atom. The van der Waals surface area contributed by atoms with Gasteiger partial charge in [-0.05, 0) is 19.9 Å². The van der Waals surface area contributed by atoms with Gasteiger partial charge < -0.3 is 10.1 Å². The fourth-order valence-electron chi connectivity index (χ4n) is 0.725. The normalized spacial score (nSPS) is 8.83. The SMILES string of the molecule is CCCNCCC(=O)OCC.Cl. The third kappa shape index (κ3) is 9.72. The fourth-order valence-corrected chi connectivity index (χ4v) is 0.725. The lowest BCUT2D eigenvalue weighted by atomic mass is 10.4. The fraction of sp³-hybridized carbons (Fsp3) is 0.875. The van der Waals surface area contributed by atoms with Crippen LogP contribution in [0.4, 0.5) is 0 Å². The van der Waals surface area contributed by atoms with Crippen LogP contribution in [-0.2, 0) is 9.53 Å². The predicted octanol–water partition coefficient (Wildman–Crippen LogP) is 1.36. The average molecular weight is 196 g/mol. The average Bonchev–Trinajstić information content (AvgIpc) is 1.99. The zero-order chi connectivity index (χ0) is 8.53. The molecular formula is C8H18ClNO2. The third-order valence-electron chi connectivity index (χ3n) is 1.24. The number of hydrogen-bond acceptors (Lipinski definition) is 3. The van der Waals surface area contributed by atoms with Gasteiger partial charge in [-0.2, -0.15) is 0 Å². The number of carbonyl (C=O) groups excluding carboxylic acids is 1. The van der Waals surface area contributed by atoms with E-state index in [0.29, 0.717) is 13.0 Å². The molecule has 1 N–H and O–H groups in total. The van der Waals surface area contributed by atoms with E-state index in [9.17, 15) is 4.79 Å². The van der Waals surface area contributed by atoms with Crippen molar-refractivity contribution < 1.29 is 9.53 Å². The van der Waals surface area contributed by atoms with Gasteiger partial charge in [0.25, 0.3) is 0 Å². The van der Waals surface area contributed by atoms with Crippen molar-refractivity contribution in [2.75, 3.05) is 19.7 Å². The Balaban J connectivity index is 0. The minimum atomic E-state index is -0.115. The maximum absolute atomic E-state index is 10.7. The highest BCUT2D eigenvalue weighted by molar-refractivity contribution is 5.85. The molecule has 0 fully saturated rings. The standard InChI is InChI=1S/C8H17NO2.ClH/c1-3-6-9-7-5-8(10)11-4-2;/h9H,3-7H2,1-2H3;1H. The van der Waals surface area contributed by atoms with Gasteiger partial charge in [-0.15, -0.1) is 12.4 Å². The number of halogens is 1. The first-order valence-electron chi connectivity index (χ1n) is 4.17. The van der Waals surface area contributed by atoms with Crippen molar-refractivity contribution in [2.45, 2.75) is 26.7 Å². The molecule has 0 rings (SSSR count). The number of ether oxygens (including phenoxy) is 1. The first kappa shape index (κ1) is 14.3. The molecule has 74 valence electrons. The van der Waals surface area contributed by atoms with Crippen molar-refractivity contribution in [3.05, 3.63) is 0 Å². The molecule has 0 aromatic rings. The molecule has 0 aliphatic rings. The summed E-state index contributed by atoms with van der Waals surface area (Å²) < 4.78 is 4.74. The highest BCUT2D eigenvalue weighted by atomic mass is 35.5.